The van der Waals surface area contributed by atoms with Gasteiger partial charge in [0.05, 0.1) is 0 Å². The summed E-state index contributed by atoms with van der Waals surface area (Å²) in [7, 11) is 0. The molecule has 0 aliphatic heterocycles. The summed E-state index contributed by atoms with van der Waals surface area (Å²) >= 11 is 5.41. The van der Waals surface area contributed by atoms with Gasteiger partial charge in [-0.25, -0.2) is 0 Å². The standard InChI is InChI=1S/C20H27ClN8O2/c1-11(26-28-19(22)23)7-9-15-16(10-8-12(2)27-29-20(24)25-21)18(31)14-6-4-3-5-13(14)17(15)30/h3-6,20,25,29H,7-10,24H2,1-2H3,(H4,22,23,28)/b26-11+,27-12+. The van der Waals surface area contributed by atoms with Crippen molar-refractivity contribution in [3.63, 3.8) is 0 Å². The Bertz CT molecular complexity index is 964. The van der Waals surface area contributed by atoms with E-state index in [1.165, 1.54) is 0 Å². The van der Waals surface area contributed by atoms with Crippen molar-refractivity contribution in [3.8, 4) is 0 Å². The van der Waals surface area contributed by atoms with E-state index in [2.05, 4.69) is 25.6 Å². The van der Waals surface area contributed by atoms with Crippen LogP contribution in [0.3, 0.4) is 0 Å². The molecule has 2 rings (SSSR count). The number of carbonyl (C=O) groups excluding carboxylic acids is 2. The van der Waals surface area contributed by atoms with E-state index in [9.17, 15) is 9.59 Å². The minimum atomic E-state index is -0.705. The van der Waals surface area contributed by atoms with Crippen LogP contribution in [0.25, 0.3) is 0 Å². The van der Waals surface area contributed by atoms with Gasteiger partial charge in [0.1, 0.15) is 0 Å². The van der Waals surface area contributed by atoms with Gasteiger partial charge in [0, 0.05) is 33.7 Å². The molecule has 1 unspecified atom stereocenters. The maximum Gasteiger partial charge on any atom is 0.211 e. The largest absolute Gasteiger partial charge is 0.369 e. The second-order valence-electron chi connectivity index (χ2n) is 7.08. The van der Waals surface area contributed by atoms with Crippen LogP contribution in [-0.4, -0.2) is 35.2 Å². The van der Waals surface area contributed by atoms with Gasteiger partial charge < -0.3 is 11.5 Å². The third-order valence-corrected chi connectivity index (χ3v) is 4.89. The average Bonchev–Trinajstić information content (AvgIpc) is 2.76. The summed E-state index contributed by atoms with van der Waals surface area (Å²) in [6.45, 7) is 3.55. The topological polar surface area (TPSA) is 173 Å². The van der Waals surface area contributed by atoms with Gasteiger partial charge in [0.25, 0.3) is 0 Å². The molecule has 8 N–H and O–H groups in total. The van der Waals surface area contributed by atoms with Crippen molar-refractivity contribution in [1.29, 1.82) is 0 Å². The van der Waals surface area contributed by atoms with Crippen molar-refractivity contribution < 1.29 is 9.59 Å². The van der Waals surface area contributed by atoms with Gasteiger partial charge >= 0.3 is 0 Å². The van der Waals surface area contributed by atoms with E-state index in [0.717, 1.165) is 0 Å². The van der Waals surface area contributed by atoms with Crippen molar-refractivity contribution in [1.82, 2.24) is 10.3 Å². The van der Waals surface area contributed by atoms with Gasteiger partial charge in [0.2, 0.25) is 5.96 Å². The van der Waals surface area contributed by atoms with Crippen molar-refractivity contribution in [3.05, 3.63) is 46.5 Å². The molecule has 0 amide bonds. The monoisotopic (exact) mass is 446 g/mol. The summed E-state index contributed by atoms with van der Waals surface area (Å²) in [5.41, 5.74) is 21.9. The number of guanidine groups is 1. The predicted molar refractivity (Wildman–Crippen MR) is 123 cm³/mol. The number of ketones is 2. The van der Waals surface area contributed by atoms with Crippen LogP contribution in [0.15, 0.2) is 50.7 Å². The SMILES string of the molecule is C/C(CCC1=C(CC/C(C)=N/NC(N)NCl)C(=O)c2ccccc2C1=O)=N\N=C(N)N. The van der Waals surface area contributed by atoms with Crippen LogP contribution < -0.4 is 27.5 Å². The molecule has 0 radical (unpaired) electrons. The Labute approximate surface area is 185 Å². The molecule has 11 heteroatoms. The smallest absolute Gasteiger partial charge is 0.211 e. The molecule has 0 saturated carbocycles. The van der Waals surface area contributed by atoms with Crippen molar-refractivity contribution in [2.24, 2.45) is 32.5 Å². The third-order valence-electron chi connectivity index (χ3n) is 4.65. The number of carbonyl (C=O) groups is 2. The Balaban J connectivity index is 2.28. The lowest BCUT2D eigenvalue weighted by Crippen LogP contribution is -2.42. The number of nitrogens with one attached hydrogen (secondary N) is 2. The van der Waals surface area contributed by atoms with E-state index >= 15 is 0 Å². The molecule has 0 fully saturated rings. The van der Waals surface area contributed by atoms with Gasteiger partial charge in [0.15, 0.2) is 17.9 Å². The van der Waals surface area contributed by atoms with Gasteiger partial charge in [-0.3, -0.25) is 20.7 Å². The highest BCUT2D eigenvalue weighted by molar-refractivity contribution is 6.27. The zero-order chi connectivity index (χ0) is 23.0. The minimum Gasteiger partial charge on any atom is -0.369 e. The third kappa shape index (κ3) is 6.71. The van der Waals surface area contributed by atoms with Crippen LogP contribution in [0.2, 0.25) is 0 Å². The van der Waals surface area contributed by atoms with E-state index in [1.54, 1.807) is 38.1 Å². The number of rotatable bonds is 10. The summed E-state index contributed by atoms with van der Waals surface area (Å²) in [6.07, 6.45) is 0.895. The van der Waals surface area contributed by atoms with E-state index in [0.29, 0.717) is 59.4 Å². The van der Waals surface area contributed by atoms with Gasteiger partial charge in [-0.05, 0) is 51.3 Å². The molecule has 0 aromatic heterocycles. The number of hydrogen-bond acceptors (Lipinski definition) is 8. The molecule has 1 aromatic carbocycles. The van der Waals surface area contributed by atoms with Crippen molar-refractivity contribution in [2.75, 3.05) is 0 Å². The Morgan fingerprint density at radius 2 is 1.48 bits per heavy atom. The minimum absolute atomic E-state index is 0.149. The second kappa shape index (κ2) is 11.3. The predicted octanol–water partition coefficient (Wildman–Crippen LogP) is 1.52. The van der Waals surface area contributed by atoms with Gasteiger partial charge in [-0.2, -0.15) is 15.0 Å². The lowest BCUT2D eigenvalue weighted by Gasteiger charge is -2.21. The molecular formula is C20H27ClN8O2. The Kier molecular flexibility index (Phi) is 8.86. The molecule has 1 atom stereocenters. The first-order valence-corrected chi connectivity index (χ1v) is 10.0. The fourth-order valence-corrected chi connectivity index (χ4v) is 3.12. The summed E-state index contributed by atoms with van der Waals surface area (Å²) < 4.78 is 0. The molecule has 0 bridgehead atoms. The zero-order valence-electron chi connectivity index (χ0n) is 17.5. The molecule has 1 aliphatic rings. The number of benzene rings is 1. The van der Waals surface area contributed by atoms with E-state index in [-0.39, 0.29) is 17.5 Å². The molecule has 31 heavy (non-hydrogen) atoms. The van der Waals surface area contributed by atoms with Gasteiger partial charge in [-0.15, -0.1) is 5.10 Å². The highest BCUT2D eigenvalue weighted by atomic mass is 35.5. The van der Waals surface area contributed by atoms with Crippen LogP contribution in [0.4, 0.5) is 0 Å². The first kappa shape index (κ1) is 24.2. The molecule has 10 nitrogen and oxygen atoms in total. The summed E-state index contributed by atoms with van der Waals surface area (Å²) in [6, 6.07) is 6.83. The molecule has 1 aromatic rings. The van der Waals surface area contributed by atoms with E-state index in [1.807, 2.05) is 0 Å². The highest BCUT2D eigenvalue weighted by Gasteiger charge is 2.31. The summed E-state index contributed by atoms with van der Waals surface area (Å²) in [5, 5.41) is 11.7. The number of nitrogens with zero attached hydrogens (tertiary/aromatic N) is 3. The fraction of sp³-hybridized carbons (Fsp3) is 0.350. The molecule has 0 heterocycles. The van der Waals surface area contributed by atoms with E-state index in [4.69, 9.17) is 29.0 Å². The number of fused-ring (bicyclic) bond motifs is 1. The Morgan fingerprint density at radius 1 is 0.968 bits per heavy atom. The summed E-state index contributed by atoms with van der Waals surface area (Å²) in [4.78, 5) is 28.6. The number of halogens is 1. The highest BCUT2D eigenvalue weighted by Crippen LogP contribution is 2.31. The number of hydrazone groups is 1. The molecule has 166 valence electrons. The van der Waals surface area contributed by atoms with Crippen LogP contribution in [0.5, 0.6) is 0 Å². The maximum absolute atomic E-state index is 13.2. The van der Waals surface area contributed by atoms with Crippen LogP contribution >= 0.6 is 11.8 Å². The average molecular weight is 447 g/mol. The van der Waals surface area contributed by atoms with Crippen molar-refractivity contribution >= 4 is 40.7 Å². The molecular weight excluding hydrogens is 420 g/mol. The normalized spacial score (nSPS) is 15.6. The summed E-state index contributed by atoms with van der Waals surface area (Å²) in [5.74, 6) is -0.450. The number of hydrogen-bond donors (Lipinski definition) is 5. The van der Waals surface area contributed by atoms with Gasteiger partial charge in [-0.1, -0.05) is 24.3 Å². The van der Waals surface area contributed by atoms with Crippen LogP contribution in [0, 0.1) is 0 Å². The van der Waals surface area contributed by atoms with Crippen LogP contribution in [-0.2, 0) is 0 Å². The molecule has 0 spiro atoms. The number of allylic oxidation sites excluding steroid dienone is 2. The maximum atomic E-state index is 13.2. The first-order valence-electron chi connectivity index (χ1n) is 9.67. The fourth-order valence-electron chi connectivity index (χ4n) is 3.07. The van der Waals surface area contributed by atoms with E-state index < -0.39 is 6.29 Å². The lowest BCUT2D eigenvalue weighted by atomic mass is 9.80. The lowest BCUT2D eigenvalue weighted by molar-refractivity contribution is 0.0969. The quantitative estimate of drug-likeness (QED) is 0.119. The van der Waals surface area contributed by atoms with Crippen LogP contribution in [0.1, 0.15) is 60.2 Å². The zero-order valence-corrected chi connectivity index (χ0v) is 18.2. The second-order valence-corrected chi connectivity index (χ2v) is 7.30. The van der Waals surface area contributed by atoms with Crippen molar-refractivity contribution in [2.45, 2.75) is 45.8 Å². The Morgan fingerprint density at radius 3 is 1.97 bits per heavy atom. The molecule has 1 aliphatic carbocycles. The molecule has 0 saturated heterocycles. The first-order chi connectivity index (χ1) is 14.7. The Hall–Kier alpha value is -3.08. The number of nitrogens with two attached hydrogens (primary N) is 3. The number of Topliss-reactive ketones (excluding diaryl/α,β-unsaturated/α-hetero) is 2.